The van der Waals surface area contributed by atoms with E-state index in [-0.39, 0.29) is 5.11 Å². The van der Waals surface area contributed by atoms with E-state index in [1.54, 1.807) is 0 Å². The van der Waals surface area contributed by atoms with Crippen molar-refractivity contribution in [3.8, 4) is 0 Å². The van der Waals surface area contributed by atoms with Crippen LogP contribution in [0.25, 0.3) is 0 Å². The molecule has 0 aliphatic rings. The molecule has 3 nitrogen and oxygen atoms in total. The molecule has 0 aliphatic heterocycles. The molecule has 0 aromatic heterocycles. The standard InChI is InChI=1S/C4H7N3S/c1-2-3-6-7-4(5)8/h2-3H,1H2,(H3,5,7,8). The molecule has 0 atom stereocenters. The van der Waals surface area contributed by atoms with Crippen LogP contribution >= 0.6 is 12.2 Å². The summed E-state index contributed by atoms with van der Waals surface area (Å²) < 4.78 is 0. The second-order valence-electron chi connectivity index (χ2n) is 0.990. The minimum atomic E-state index is 0.156. The Bertz CT molecular complexity index is 118. The first kappa shape index (κ1) is 7.10. The van der Waals surface area contributed by atoms with Crippen molar-refractivity contribution in [2.45, 2.75) is 0 Å². The van der Waals surface area contributed by atoms with Gasteiger partial charge in [-0.3, -0.25) is 5.43 Å². The summed E-state index contributed by atoms with van der Waals surface area (Å²) in [6, 6.07) is 0. The topological polar surface area (TPSA) is 50.4 Å². The second-order valence-corrected chi connectivity index (χ2v) is 1.43. The van der Waals surface area contributed by atoms with Gasteiger partial charge in [0, 0.05) is 6.21 Å². The number of rotatable bonds is 2. The highest BCUT2D eigenvalue weighted by Crippen LogP contribution is 1.58. The Morgan fingerprint density at radius 3 is 2.88 bits per heavy atom. The predicted molar refractivity (Wildman–Crippen MR) is 38.6 cm³/mol. The van der Waals surface area contributed by atoms with Gasteiger partial charge < -0.3 is 5.73 Å². The van der Waals surface area contributed by atoms with Gasteiger partial charge in [0.2, 0.25) is 0 Å². The Morgan fingerprint density at radius 2 is 2.50 bits per heavy atom. The molecular formula is C4H7N3S. The van der Waals surface area contributed by atoms with Gasteiger partial charge in [-0.05, 0) is 18.3 Å². The molecule has 0 aromatic carbocycles. The van der Waals surface area contributed by atoms with E-state index in [9.17, 15) is 0 Å². The largest absolute Gasteiger partial charge is 0.375 e. The Hall–Kier alpha value is -0.900. The summed E-state index contributed by atoms with van der Waals surface area (Å²) in [4.78, 5) is 0. The lowest BCUT2D eigenvalue weighted by molar-refractivity contribution is 1.04. The lowest BCUT2D eigenvalue weighted by Crippen LogP contribution is -2.23. The molecule has 44 valence electrons. The molecule has 0 aromatic rings. The summed E-state index contributed by atoms with van der Waals surface area (Å²) in [6.07, 6.45) is 2.98. The van der Waals surface area contributed by atoms with Crippen LogP contribution in [0.5, 0.6) is 0 Å². The van der Waals surface area contributed by atoms with Gasteiger partial charge in [-0.1, -0.05) is 6.58 Å². The minimum absolute atomic E-state index is 0.156. The number of allylic oxidation sites excluding steroid dienone is 1. The van der Waals surface area contributed by atoms with Crippen molar-refractivity contribution in [3.63, 3.8) is 0 Å². The first-order valence-corrected chi connectivity index (χ1v) is 2.37. The van der Waals surface area contributed by atoms with Crippen LogP contribution in [-0.4, -0.2) is 11.3 Å². The van der Waals surface area contributed by atoms with E-state index < -0.39 is 0 Å². The summed E-state index contributed by atoms with van der Waals surface area (Å²) in [5.41, 5.74) is 7.36. The van der Waals surface area contributed by atoms with Crippen molar-refractivity contribution < 1.29 is 0 Å². The third kappa shape index (κ3) is 5.10. The van der Waals surface area contributed by atoms with Crippen LogP contribution in [0.1, 0.15) is 0 Å². The van der Waals surface area contributed by atoms with E-state index in [4.69, 9.17) is 5.73 Å². The van der Waals surface area contributed by atoms with Crippen molar-refractivity contribution in [1.29, 1.82) is 0 Å². The van der Waals surface area contributed by atoms with E-state index in [0.717, 1.165) is 0 Å². The van der Waals surface area contributed by atoms with E-state index in [1.165, 1.54) is 12.3 Å². The molecule has 0 radical (unpaired) electrons. The molecule has 0 saturated carbocycles. The summed E-state index contributed by atoms with van der Waals surface area (Å²) in [5, 5.41) is 3.69. The molecule has 0 amide bonds. The van der Waals surface area contributed by atoms with E-state index in [2.05, 4.69) is 29.3 Å². The van der Waals surface area contributed by atoms with Gasteiger partial charge in [-0.2, -0.15) is 5.10 Å². The lowest BCUT2D eigenvalue weighted by Gasteiger charge is -1.89. The maximum absolute atomic E-state index is 5.01. The SMILES string of the molecule is C=CC=NNC(N)=S. The molecule has 0 spiro atoms. The van der Waals surface area contributed by atoms with Gasteiger partial charge in [0.05, 0.1) is 0 Å². The summed E-state index contributed by atoms with van der Waals surface area (Å²) in [7, 11) is 0. The van der Waals surface area contributed by atoms with Crippen LogP contribution in [0.3, 0.4) is 0 Å². The fourth-order valence-electron chi connectivity index (χ4n) is 0.154. The maximum atomic E-state index is 5.01. The van der Waals surface area contributed by atoms with Gasteiger partial charge >= 0.3 is 0 Å². The minimum Gasteiger partial charge on any atom is -0.375 e. The quantitative estimate of drug-likeness (QED) is 0.313. The highest BCUT2D eigenvalue weighted by atomic mass is 32.1. The Kier molecular flexibility index (Phi) is 3.78. The molecule has 4 heteroatoms. The Labute approximate surface area is 53.3 Å². The highest BCUT2D eigenvalue weighted by Gasteiger charge is 1.73. The summed E-state index contributed by atoms with van der Waals surface area (Å²) in [6.45, 7) is 3.38. The Balaban J connectivity index is 3.29. The van der Waals surface area contributed by atoms with Crippen LogP contribution in [0.4, 0.5) is 0 Å². The fraction of sp³-hybridized carbons (Fsp3) is 0. The van der Waals surface area contributed by atoms with E-state index >= 15 is 0 Å². The monoisotopic (exact) mass is 129 g/mol. The molecule has 0 saturated heterocycles. The molecule has 0 heterocycles. The Morgan fingerprint density at radius 1 is 1.88 bits per heavy atom. The molecule has 0 bridgehead atoms. The first-order valence-electron chi connectivity index (χ1n) is 1.97. The number of nitrogens with zero attached hydrogens (tertiary/aromatic N) is 1. The normalized spacial score (nSPS) is 9.00. The molecule has 0 rings (SSSR count). The van der Waals surface area contributed by atoms with Gasteiger partial charge in [0.1, 0.15) is 0 Å². The summed E-state index contributed by atoms with van der Waals surface area (Å²) >= 11 is 4.43. The first-order chi connectivity index (χ1) is 3.77. The van der Waals surface area contributed by atoms with E-state index in [0.29, 0.717) is 0 Å². The number of nitrogens with one attached hydrogen (secondary N) is 1. The van der Waals surface area contributed by atoms with Crippen LogP contribution in [0.15, 0.2) is 17.8 Å². The van der Waals surface area contributed by atoms with Gasteiger partial charge in [-0.15, -0.1) is 0 Å². The molecule has 0 aliphatic carbocycles. The average Bonchev–Trinajstić information content (AvgIpc) is 1.66. The number of thiocarbonyl (C=S) groups is 1. The highest BCUT2D eigenvalue weighted by molar-refractivity contribution is 7.80. The molecule has 0 fully saturated rings. The lowest BCUT2D eigenvalue weighted by atomic mass is 10.7. The van der Waals surface area contributed by atoms with Crippen LogP contribution in [0, 0.1) is 0 Å². The third-order valence-electron chi connectivity index (χ3n) is 0.355. The van der Waals surface area contributed by atoms with Crippen LogP contribution in [-0.2, 0) is 0 Å². The van der Waals surface area contributed by atoms with Gasteiger partial charge in [-0.25, -0.2) is 0 Å². The fourth-order valence-corrected chi connectivity index (χ4v) is 0.206. The molecular weight excluding hydrogens is 122 g/mol. The second kappa shape index (κ2) is 4.26. The van der Waals surface area contributed by atoms with Crippen molar-refractivity contribution in [2.75, 3.05) is 0 Å². The van der Waals surface area contributed by atoms with Crippen LogP contribution < -0.4 is 11.2 Å². The number of nitrogens with two attached hydrogens (primary N) is 1. The molecule has 0 unspecified atom stereocenters. The predicted octanol–water partition coefficient (Wildman–Crippen LogP) is -0.00860. The maximum Gasteiger partial charge on any atom is 0.184 e. The number of hydrogen-bond acceptors (Lipinski definition) is 2. The zero-order valence-electron chi connectivity index (χ0n) is 4.29. The van der Waals surface area contributed by atoms with Crippen molar-refractivity contribution in [3.05, 3.63) is 12.7 Å². The summed E-state index contributed by atoms with van der Waals surface area (Å²) in [5.74, 6) is 0. The van der Waals surface area contributed by atoms with Crippen molar-refractivity contribution in [1.82, 2.24) is 5.43 Å². The number of hydrazone groups is 1. The average molecular weight is 129 g/mol. The smallest absolute Gasteiger partial charge is 0.184 e. The van der Waals surface area contributed by atoms with Crippen molar-refractivity contribution >= 4 is 23.5 Å². The third-order valence-corrected chi connectivity index (χ3v) is 0.446. The molecule has 3 N–H and O–H groups in total. The molecule has 8 heavy (non-hydrogen) atoms. The zero-order chi connectivity index (χ0) is 6.41. The van der Waals surface area contributed by atoms with Gasteiger partial charge in [0.25, 0.3) is 0 Å². The number of hydrogen-bond donors (Lipinski definition) is 2. The van der Waals surface area contributed by atoms with E-state index in [1.807, 2.05) is 0 Å². The van der Waals surface area contributed by atoms with Crippen LogP contribution in [0.2, 0.25) is 0 Å². The zero-order valence-corrected chi connectivity index (χ0v) is 5.11. The van der Waals surface area contributed by atoms with Gasteiger partial charge in [0.15, 0.2) is 5.11 Å². The van der Waals surface area contributed by atoms with Crippen molar-refractivity contribution in [2.24, 2.45) is 10.8 Å².